The average molecular weight is 381 g/mol. The van der Waals surface area contributed by atoms with Crippen molar-refractivity contribution in [2.45, 2.75) is 32.9 Å². The number of halogens is 1. The summed E-state index contributed by atoms with van der Waals surface area (Å²) in [7, 11) is 0. The molecule has 124 valence electrons. The molecule has 1 aromatic heterocycles. The van der Waals surface area contributed by atoms with E-state index in [2.05, 4.69) is 26.2 Å². The predicted molar refractivity (Wildman–Crippen MR) is 94.1 cm³/mol. The van der Waals surface area contributed by atoms with Gasteiger partial charge in [0.25, 0.3) is 5.56 Å². The molecule has 1 atom stereocenters. The molecule has 0 saturated heterocycles. The third-order valence-electron chi connectivity index (χ3n) is 4.22. The molecule has 1 amide bonds. The van der Waals surface area contributed by atoms with Crippen LogP contribution in [0.2, 0.25) is 0 Å². The predicted octanol–water partition coefficient (Wildman–Crippen LogP) is 1.65. The molecule has 2 rings (SSSR count). The molecule has 0 aliphatic carbocycles. The van der Waals surface area contributed by atoms with E-state index in [4.69, 9.17) is 5.73 Å². The molecule has 6 nitrogen and oxygen atoms in total. The zero-order valence-corrected chi connectivity index (χ0v) is 15.1. The molecule has 1 aromatic carbocycles. The van der Waals surface area contributed by atoms with Crippen LogP contribution in [0, 0.1) is 5.92 Å². The number of amides is 1. The van der Waals surface area contributed by atoms with Crippen LogP contribution in [-0.2, 0) is 11.3 Å². The number of nitrogens with zero attached hydrogens (tertiary/aromatic N) is 2. The maximum Gasteiger partial charge on any atom is 0.261 e. The van der Waals surface area contributed by atoms with Crippen molar-refractivity contribution in [3.63, 3.8) is 0 Å². The molecule has 0 fully saturated rings. The lowest BCUT2D eigenvalue weighted by atomic mass is 9.88. The Balaban J connectivity index is 2.27. The smallest absolute Gasteiger partial charge is 0.261 e. The fraction of sp³-hybridized carbons (Fsp3) is 0.438. The van der Waals surface area contributed by atoms with E-state index in [9.17, 15) is 9.59 Å². The van der Waals surface area contributed by atoms with Crippen molar-refractivity contribution in [1.29, 1.82) is 0 Å². The lowest BCUT2D eigenvalue weighted by molar-refractivity contribution is -0.123. The molecule has 2 aromatic rings. The molecule has 1 unspecified atom stereocenters. The summed E-state index contributed by atoms with van der Waals surface area (Å²) < 4.78 is 2.10. The van der Waals surface area contributed by atoms with Crippen LogP contribution in [0.1, 0.15) is 20.8 Å². The van der Waals surface area contributed by atoms with Crippen molar-refractivity contribution >= 4 is 32.7 Å². The number of aromatic nitrogens is 2. The Morgan fingerprint density at radius 1 is 1.48 bits per heavy atom. The van der Waals surface area contributed by atoms with Crippen LogP contribution < -0.4 is 16.6 Å². The summed E-state index contributed by atoms with van der Waals surface area (Å²) in [5.41, 5.74) is 5.62. The highest BCUT2D eigenvalue weighted by Gasteiger charge is 2.28. The minimum atomic E-state index is -0.506. The van der Waals surface area contributed by atoms with Gasteiger partial charge in [0.1, 0.15) is 6.54 Å². The Kier molecular flexibility index (Phi) is 5.21. The van der Waals surface area contributed by atoms with Crippen LogP contribution in [0.3, 0.4) is 0 Å². The summed E-state index contributed by atoms with van der Waals surface area (Å²) in [6.07, 6.45) is 1.40. The van der Waals surface area contributed by atoms with Crippen LogP contribution in [-0.4, -0.2) is 27.5 Å². The number of fused-ring (bicyclic) bond motifs is 1. The van der Waals surface area contributed by atoms with Crippen molar-refractivity contribution < 1.29 is 4.79 Å². The SMILES string of the molecule is CC(C)C(C)(CN)NC(=O)Cn1cnc2ccc(Br)cc2c1=O. The van der Waals surface area contributed by atoms with Crippen molar-refractivity contribution in [3.05, 3.63) is 39.4 Å². The normalized spacial score (nSPS) is 14.0. The van der Waals surface area contributed by atoms with Gasteiger partial charge >= 0.3 is 0 Å². The standard InChI is InChI=1S/C16H21BrN4O2/c1-10(2)16(3,8-18)20-14(22)7-21-9-19-13-5-4-11(17)6-12(13)15(21)23/h4-6,9-10H,7-8,18H2,1-3H3,(H,20,22). The molecular weight excluding hydrogens is 360 g/mol. The molecular formula is C16H21BrN4O2. The summed E-state index contributed by atoms with van der Waals surface area (Å²) >= 11 is 3.34. The molecule has 0 saturated carbocycles. The number of carbonyl (C=O) groups excluding carboxylic acids is 1. The van der Waals surface area contributed by atoms with E-state index >= 15 is 0 Å². The maximum absolute atomic E-state index is 12.5. The number of hydrogen-bond donors (Lipinski definition) is 2. The number of benzene rings is 1. The highest BCUT2D eigenvalue weighted by atomic mass is 79.9. The Hall–Kier alpha value is -1.73. The van der Waals surface area contributed by atoms with Gasteiger partial charge in [0.15, 0.2) is 0 Å². The highest BCUT2D eigenvalue weighted by molar-refractivity contribution is 9.10. The Bertz CT molecular complexity index is 787. The maximum atomic E-state index is 12.5. The van der Waals surface area contributed by atoms with Gasteiger partial charge in [0.2, 0.25) is 5.91 Å². The molecule has 23 heavy (non-hydrogen) atoms. The lowest BCUT2D eigenvalue weighted by Gasteiger charge is -2.33. The lowest BCUT2D eigenvalue weighted by Crippen LogP contribution is -2.56. The topological polar surface area (TPSA) is 90.0 Å². The Morgan fingerprint density at radius 2 is 2.17 bits per heavy atom. The van der Waals surface area contributed by atoms with Crippen LogP contribution in [0.5, 0.6) is 0 Å². The van der Waals surface area contributed by atoms with Gasteiger partial charge in [-0.3, -0.25) is 14.2 Å². The van der Waals surface area contributed by atoms with Gasteiger partial charge in [-0.25, -0.2) is 4.98 Å². The largest absolute Gasteiger partial charge is 0.348 e. The molecule has 1 heterocycles. The summed E-state index contributed by atoms with van der Waals surface area (Å²) in [6, 6.07) is 5.29. The van der Waals surface area contributed by atoms with Crippen molar-refractivity contribution in [2.75, 3.05) is 6.54 Å². The van der Waals surface area contributed by atoms with E-state index in [1.165, 1.54) is 10.9 Å². The number of hydrogen-bond acceptors (Lipinski definition) is 4. The number of nitrogens with two attached hydrogens (primary N) is 1. The van der Waals surface area contributed by atoms with E-state index in [1.54, 1.807) is 12.1 Å². The molecule has 0 spiro atoms. The first kappa shape index (κ1) is 17.6. The second-order valence-electron chi connectivity index (χ2n) is 6.16. The molecule has 0 radical (unpaired) electrons. The van der Waals surface area contributed by atoms with Crippen LogP contribution >= 0.6 is 15.9 Å². The first-order valence-electron chi connectivity index (χ1n) is 7.42. The zero-order chi connectivity index (χ0) is 17.2. The first-order valence-corrected chi connectivity index (χ1v) is 8.22. The highest BCUT2D eigenvalue weighted by Crippen LogP contribution is 2.16. The molecule has 7 heteroatoms. The van der Waals surface area contributed by atoms with E-state index in [0.29, 0.717) is 17.4 Å². The van der Waals surface area contributed by atoms with Gasteiger partial charge in [-0.2, -0.15) is 0 Å². The quantitative estimate of drug-likeness (QED) is 0.824. The van der Waals surface area contributed by atoms with Gasteiger partial charge in [0.05, 0.1) is 22.8 Å². The number of nitrogens with one attached hydrogen (secondary N) is 1. The second-order valence-corrected chi connectivity index (χ2v) is 7.08. The second kappa shape index (κ2) is 6.80. The molecule has 0 aliphatic rings. The van der Waals surface area contributed by atoms with Crippen LogP contribution in [0.4, 0.5) is 0 Å². The average Bonchev–Trinajstić information content (AvgIpc) is 2.50. The first-order chi connectivity index (χ1) is 10.8. The van der Waals surface area contributed by atoms with Crippen molar-refractivity contribution in [2.24, 2.45) is 11.7 Å². The van der Waals surface area contributed by atoms with Crippen molar-refractivity contribution in [1.82, 2.24) is 14.9 Å². The van der Waals surface area contributed by atoms with Crippen molar-refractivity contribution in [3.8, 4) is 0 Å². The van der Waals surface area contributed by atoms with Gasteiger partial charge in [-0.1, -0.05) is 29.8 Å². The summed E-state index contributed by atoms with van der Waals surface area (Å²) in [5.74, 6) is -0.0799. The summed E-state index contributed by atoms with van der Waals surface area (Å²) in [4.78, 5) is 29.0. The van der Waals surface area contributed by atoms with Gasteiger partial charge in [-0.05, 0) is 31.0 Å². The van der Waals surface area contributed by atoms with Crippen LogP contribution in [0.15, 0.2) is 33.8 Å². The fourth-order valence-electron chi connectivity index (χ4n) is 2.19. The summed E-state index contributed by atoms with van der Waals surface area (Å²) in [6.45, 7) is 6.13. The van der Waals surface area contributed by atoms with Gasteiger partial charge < -0.3 is 11.1 Å². The number of carbonyl (C=O) groups is 1. The van der Waals surface area contributed by atoms with E-state index < -0.39 is 5.54 Å². The third kappa shape index (κ3) is 3.79. The zero-order valence-electron chi connectivity index (χ0n) is 13.5. The molecule has 0 bridgehead atoms. The minimum Gasteiger partial charge on any atom is -0.348 e. The summed E-state index contributed by atoms with van der Waals surface area (Å²) in [5, 5.41) is 3.39. The monoisotopic (exact) mass is 380 g/mol. The van der Waals surface area contributed by atoms with Gasteiger partial charge in [-0.15, -0.1) is 0 Å². The molecule has 0 aliphatic heterocycles. The van der Waals surface area contributed by atoms with E-state index in [1.807, 2.05) is 26.8 Å². The third-order valence-corrected chi connectivity index (χ3v) is 4.72. The van der Waals surface area contributed by atoms with E-state index in [-0.39, 0.29) is 23.9 Å². The Labute approximate surface area is 143 Å². The van der Waals surface area contributed by atoms with Gasteiger partial charge in [0, 0.05) is 11.0 Å². The minimum absolute atomic E-state index is 0.0867. The molecule has 3 N–H and O–H groups in total. The van der Waals surface area contributed by atoms with Crippen LogP contribution in [0.25, 0.3) is 10.9 Å². The fourth-order valence-corrected chi connectivity index (χ4v) is 2.55. The number of rotatable bonds is 5. The van der Waals surface area contributed by atoms with E-state index in [0.717, 1.165) is 4.47 Å². The Morgan fingerprint density at radius 3 is 2.78 bits per heavy atom.